The monoisotopic (exact) mass is 291 g/mol. The second-order valence-corrected chi connectivity index (χ2v) is 5.66. The summed E-state index contributed by atoms with van der Waals surface area (Å²) in [6.45, 7) is 4.41. The Morgan fingerprint density at radius 3 is 2.90 bits per heavy atom. The number of hydrogen-bond donors (Lipinski definition) is 0. The molecule has 1 fully saturated rings. The van der Waals surface area contributed by atoms with Gasteiger partial charge in [-0.25, -0.2) is 0 Å². The van der Waals surface area contributed by atoms with Gasteiger partial charge in [-0.05, 0) is 18.4 Å². The molecule has 0 aliphatic carbocycles. The molecule has 2 unspecified atom stereocenters. The molecule has 0 aromatic heterocycles. The lowest BCUT2D eigenvalue weighted by Crippen LogP contribution is -2.48. The van der Waals surface area contributed by atoms with Crippen LogP contribution < -0.4 is 0 Å². The molecule has 2 rings (SSSR count). The predicted molar refractivity (Wildman–Crippen MR) is 82.1 cm³/mol. The summed E-state index contributed by atoms with van der Waals surface area (Å²) in [6, 6.07) is 10.4. The Hall–Kier alpha value is -1.39. The topological polar surface area (TPSA) is 38.8 Å². The third kappa shape index (κ3) is 4.83. The molecular weight excluding hydrogens is 266 g/mol. The van der Waals surface area contributed by atoms with Crippen molar-refractivity contribution in [2.24, 2.45) is 5.92 Å². The molecule has 0 bridgehead atoms. The number of carbonyl (C=O) groups excluding carboxylic acids is 1. The average Bonchev–Trinajstić information content (AvgIpc) is 2.54. The van der Waals surface area contributed by atoms with Gasteiger partial charge in [-0.2, -0.15) is 0 Å². The van der Waals surface area contributed by atoms with E-state index in [1.165, 1.54) is 5.56 Å². The van der Waals surface area contributed by atoms with Gasteiger partial charge in [0.25, 0.3) is 0 Å². The second kappa shape index (κ2) is 8.15. The lowest BCUT2D eigenvalue weighted by molar-refractivity contribution is -0.144. The zero-order chi connectivity index (χ0) is 15.1. The first-order chi connectivity index (χ1) is 10.2. The van der Waals surface area contributed by atoms with E-state index in [2.05, 4.69) is 24.3 Å². The smallest absolute Gasteiger partial charge is 0.227 e. The second-order valence-electron chi connectivity index (χ2n) is 5.66. The highest BCUT2D eigenvalue weighted by Gasteiger charge is 2.26. The summed E-state index contributed by atoms with van der Waals surface area (Å²) in [5.74, 6) is 0.0905. The number of rotatable bonds is 6. The SMILES string of the molecule is COCC(C)C(=O)N1CCOC(CCc2ccccc2)C1. The first kappa shape index (κ1) is 16.0. The molecule has 116 valence electrons. The van der Waals surface area contributed by atoms with Crippen molar-refractivity contribution in [3.8, 4) is 0 Å². The van der Waals surface area contributed by atoms with Crippen LogP contribution in [0.1, 0.15) is 18.9 Å². The Labute approximate surface area is 127 Å². The van der Waals surface area contributed by atoms with E-state index in [0.29, 0.717) is 26.3 Å². The van der Waals surface area contributed by atoms with Crippen LogP contribution in [-0.2, 0) is 20.7 Å². The maximum atomic E-state index is 12.3. The van der Waals surface area contributed by atoms with Crippen molar-refractivity contribution in [3.05, 3.63) is 35.9 Å². The van der Waals surface area contributed by atoms with Crippen molar-refractivity contribution in [2.45, 2.75) is 25.9 Å². The Kier molecular flexibility index (Phi) is 6.21. The third-order valence-electron chi connectivity index (χ3n) is 3.89. The summed E-state index contributed by atoms with van der Waals surface area (Å²) in [7, 11) is 1.63. The van der Waals surface area contributed by atoms with Crippen LogP contribution in [0.4, 0.5) is 0 Å². The lowest BCUT2D eigenvalue weighted by atomic mass is 10.0. The van der Waals surface area contributed by atoms with Crippen LogP contribution in [0.25, 0.3) is 0 Å². The predicted octanol–water partition coefficient (Wildman–Crippen LogP) is 2.13. The molecule has 21 heavy (non-hydrogen) atoms. The van der Waals surface area contributed by atoms with Crippen LogP contribution in [0.3, 0.4) is 0 Å². The van der Waals surface area contributed by atoms with Crippen molar-refractivity contribution in [2.75, 3.05) is 33.4 Å². The summed E-state index contributed by atoms with van der Waals surface area (Å²) >= 11 is 0. The van der Waals surface area contributed by atoms with Crippen molar-refractivity contribution >= 4 is 5.91 Å². The summed E-state index contributed by atoms with van der Waals surface area (Å²) < 4.78 is 10.9. The van der Waals surface area contributed by atoms with Gasteiger partial charge in [0.05, 0.1) is 25.2 Å². The van der Waals surface area contributed by atoms with E-state index in [1.54, 1.807) is 7.11 Å². The minimum absolute atomic E-state index is 0.0807. The van der Waals surface area contributed by atoms with Crippen molar-refractivity contribution in [3.63, 3.8) is 0 Å². The Bertz CT molecular complexity index is 435. The highest BCUT2D eigenvalue weighted by atomic mass is 16.5. The molecule has 4 heteroatoms. The molecule has 0 spiro atoms. The maximum absolute atomic E-state index is 12.3. The van der Waals surface area contributed by atoms with Crippen LogP contribution in [-0.4, -0.2) is 50.3 Å². The van der Waals surface area contributed by atoms with Gasteiger partial charge in [-0.3, -0.25) is 4.79 Å². The molecule has 4 nitrogen and oxygen atoms in total. The number of morpholine rings is 1. The molecule has 0 saturated carbocycles. The van der Waals surface area contributed by atoms with E-state index >= 15 is 0 Å². The highest BCUT2D eigenvalue weighted by Crippen LogP contribution is 2.14. The summed E-state index contributed by atoms with van der Waals surface area (Å²) in [4.78, 5) is 14.2. The largest absolute Gasteiger partial charge is 0.384 e. The van der Waals surface area contributed by atoms with Crippen LogP contribution in [0.5, 0.6) is 0 Å². The van der Waals surface area contributed by atoms with E-state index < -0.39 is 0 Å². The maximum Gasteiger partial charge on any atom is 0.227 e. The molecule has 2 atom stereocenters. The van der Waals surface area contributed by atoms with Gasteiger partial charge in [0.2, 0.25) is 5.91 Å². The van der Waals surface area contributed by atoms with Gasteiger partial charge in [-0.15, -0.1) is 0 Å². The van der Waals surface area contributed by atoms with Gasteiger partial charge in [0.15, 0.2) is 0 Å². The zero-order valence-corrected chi connectivity index (χ0v) is 13.0. The number of nitrogens with zero attached hydrogens (tertiary/aromatic N) is 1. The molecule has 1 aliphatic heterocycles. The number of ether oxygens (including phenoxy) is 2. The fraction of sp³-hybridized carbons (Fsp3) is 0.588. The third-order valence-corrected chi connectivity index (χ3v) is 3.89. The molecule has 0 N–H and O–H groups in total. The fourth-order valence-corrected chi connectivity index (χ4v) is 2.70. The fourth-order valence-electron chi connectivity index (χ4n) is 2.70. The van der Waals surface area contributed by atoms with Crippen LogP contribution in [0, 0.1) is 5.92 Å². The number of hydrogen-bond acceptors (Lipinski definition) is 3. The normalized spacial score (nSPS) is 20.3. The minimum atomic E-state index is -0.0807. The first-order valence-corrected chi connectivity index (χ1v) is 7.64. The summed E-state index contributed by atoms with van der Waals surface area (Å²) in [5, 5.41) is 0. The van der Waals surface area contributed by atoms with Crippen LogP contribution in [0.2, 0.25) is 0 Å². The quantitative estimate of drug-likeness (QED) is 0.806. The number of carbonyl (C=O) groups is 1. The van der Waals surface area contributed by atoms with Gasteiger partial charge in [0.1, 0.15) is 0 Å². The lowest BCUT2D eigenvalue weighted by Gasteiger charge is -2.34. The van der Waals surface area contributed by atoms with E-state index in [-0.39, 0.29) is 17.9 Å². The van der Waals surface area contributed by atoms with Gasteiger partial charge in [0, 0.05) is 20.2 Å². The Balaban J connectivity index is 1.82. The first-order valence-electron chi connectivity index (χ1n) is 7.64. The van der Waals surface area contributed by atoms with Crippen LogP contribution >= 0.6 is 0 Å². The summed E-state index contributed by atoms with van der Waals surface area (Å²) in [6.07, 6.45) is 2.07. The van der Waals surface area contributed by atoms with Gasteiger partial charge >= 0.3 is 0 Å². The Morgan fingerprint density at radius 1 is 1.43 bits per heavy atom. The molecule has 1 aromatic rings. The van der Waals surface area contributed by atoms with Crippen molar-refractivity contribution in [1.29, 1.82) is 0 Å². The van der Waals surface area contributed by atoms with E-state index in [9.17, 15) is 4.79 Å². The number of methoxy groups -OCH3 is 1. The van der Waals surface area contributed by atoms with Gasteiger partial charge in [-0.1, -0.05) is 37.3 Å². The summed E-state index contributed by atoms with van der Waals surface area (Å²) in [5.41, 5.74) is 1.32. The minimum Gasteiger partial charge on any atom is -0.384 e. The molecule has 1 amide bonds. The zero-order valence-electron chi connectivity index (χ0n) is 13.0. The number of amides is 1. The van der Waals surface area contributed by atoms with E-state index in [1.807, 2.05) is 17.9 Å². The van der Waals surface area contributed by atoms with Crippen molar-refractivity contribution < 1.29 is 14.3 Å². The van der Waals surface area contributed by atoms with Gasteiger partial charge < -0.3 is 14.4 Å². The van der Waals surface area contributed by atoms with Crippen LogP contribution in [0.15, 0.2) is 30.3 Å². The average molecular weight is 291 g/mol. The standard InChI is InChI=1S/C17H25NO3/c1-14(13-20-2)17(19)18-10-11-21-16(12-18)9-8-15-6-4-3-5-7-15/h3-7,14,16H,8-13H2,1-2H3. The molecule has 1 aliphatic rings. The molecule has 1 saturated heterocycles. The Morgan fingerprint density at radius 2 is 2.19 bits per heavy atom. The van der Waals surface area contributed by atoms with E-state index in [0.717, 1.165) is 12.8 Å². The molecule has 0 radical (unpaired) electrons. The molecular formula is C17H25NO3. The van der Waals surface area contributed by atoms with Crippen molar-refractivity contribution in [1.82, 2.24) is 4.90 Å². The van der Waals surface area contributed by atoms with E-state index in [4.69, 9.17) is 9.47 Å². The number of benzene rings is 1. The number of aryl methyl sites for hydroxylation is 1. The highest BCUT2D eigenvalue weighted by molar-refractivity contribution is 5.78. The molecule has 1 aromatic carbocycles. The molecule has 1 heterocycles.